The van der Waals surface area contributed by atoms with Crippen LogP contribution >= 0.6 is 0 Å². The lowest BCUT2D eigenvalue weighted by Crippen LogP contribution is -2.35. The van der Waals surface area contributed by atoms with Crippen molar-refractivity contribution in [2.24, 2.45) is 0 Å². The van der Waals surface area contributed by atoms with E-state index in [1.807, 2.05) is 0 Å². The van der Waals surface area contributed by atoms with Crippen LogP contribution in [0.1, 0.15) is 26.5 Å². The molecule has 106 valence electrons. The summed E-state index contributed by atoms with van der Waals surface area (Å²) < 4.78 is 18.9. The van der Waals surface area contributed by atoms with Gasteiger partial charge in [-0.05, 0) is 32.9 Å². The fraction of sp³-hybridized carbons (Fsp3) is 0.333. The molecule has 0 unspecified atom stereocenters. The van der Waals surface area contributed by atoms with E-state index >= 15 is 0 Å². The van der Waals surface area contributed by atoms with E-state index in [-0.39, 0.29) is 17.2 Å². The average molecular weight is 275 g/mol. The summed E-state index contributed by atoms with van der Waals surface area (Å²) in [7, 11) is 0. The SMILES string of the molecule is CC(C)(C)NCc1cncc(Oc2ccccc2F)n1. The van der Waals surface area contributed by atoms with Gasteiger partial charge >= 0.3 is 0 Å². The quantitative estimate of drug-likeness (QED) is 0.930. The van der Waals surface area contributed by atoms with Gasteiger partial charge in [-0.25, -0.2) is 9.37 Å². The van der Waals surface area contributed by atoms with Gasteiger partial charge in [0.1, 0.15) is 0 Å². The van der Waals surface area contributed by atoms with Crippen LogP contribution in [0.3, 0.4) is 0 Å². The largest absolute Gasteiger partial charge is 0.434 e. The van der Waals surface area contributed by atoms with Crippen LogP contribution in [-0.4, -0.2) is 15.5 Å². The average Bonchev–Trinajstić information content (AvgIpc) is 2.39. The van der Waals surface area contributed by atoms with Gasteiger partial charge in [-0.15, -0.1) is 0 Å². The zero-order valence-corrected chi connectivity index (χ0v) is 11.9. The van der Waals surface area contributed by atoms with Gasteiger partial charge in [0.05, 0.1) is 11.9 Å². The molecule has 0 amide bonds. The van der Waals surface area contributed by atoms with Crippen LogP contribution in [-0.2, 0) is 6.54 Å². The number of para-hydroxylation sites is 1. The van der Waals surface area contributed by atoms with E-state index in [4.69, 9.17) is 4.74 Å². The molecular weight excluding hydrogens is 257 g/mol. The Bertz CT molecular complexity index is 581. The molecule has 1 heterocycles. The molecule has 0 spiro atoms. The Morgan fingerprint density at radius 2 is 1.95 bits per heavy atom. The zero-order valence-electron chi connectivity index (χ0n) is 11.9. The molecule has 0 fully saturated rings. The third-order valence-corrected chi connectivity index (χ3v) is 2.51. The molecule has 1 aromatic carbocycles. The highest BCUT2D eigenvalue weighted by atomic mass is 19.1. The monoisotopic (exact) mass is 275 g/mol. The Labute approximate surface area is 118 Å². The predicted octanol–water partition coefficient (Wildman–Crippen LogP) is 3.30. The number of rotatable bonds is 4. The van der Waals surface area contributed by atoms with Crippen molar-refractivity contribution >= 4 is 0 Å². The predicted molar refractivity (Wildman–Crippen MR) is 75.1 cm³/mol. The van der Waals surface area contributed by atoms with Gasteiger partial charge in [0.15, 0.2) is 11.6 Å². The number of hydrogen-bond acceptors (Lipinski definition) is 4. The summed E-state index contributed by atoms with van der Waals surface area (Å²) in [6.07, 6.45) is 3.12. The summed E-state index contributed by atoms with van der Waals surface area (Å²) in [5.74, 6) is -0.00133. The Hall–Kier alpha value is -2.01. The second-order valence-corrected chi connectivity index (χ2v) is 5.48. The number of aromatic nitrogens is 2. The van der Waals surface area contributed by atoms with Crippen LogP contribution in [0.25, 0.3) is 0 Å². The molecule has 0 aliphatic carbocycles. The van der Waals surface area contributed by atoms with Crippen LogP contribution in [0.4, 0.5) is 4.39 Å². The maximum atomic E-state index is 13.5. The zero-order chi connectivity index (χ0) is 14.6. The summed E-state index contributed by atoms with van der Waals surface area (Å²) >= 11 is 0. The maximum absolute atomic E-state index is 13.5. The van der Waals surface area contributed by atoms with Crippen LogP contribution in [0.15, 0.2) is 36.7 Å². The second-order valence-electron chi connectivity index (χ2n) is 5.48. The fourth-order valence-electron chi connectivity index (χ4n) is 1.52. The minimum atomic E-state index is -0.424. The molecular formula is C15H18FN3O. The molecule has 0 atom stereocenters. The lowest BCUT2D eigenvalue weighted by Gasteiger charge is -2.20. The van der Waals surface area contributed by atoms with E-state index in [1.165, 1.54) is 12.3 Å². The summed E-state index contributed by atoms with van der Waals surface area (Å²) in [6.45, 7) is 6.78. The summed E-state index contributed by atoms with van der Waals surface area (Å²) in [5.41, 5.74) is 0.734. The Morgan fingerprint density at radius 1 is 1.20 bits per heavy atom. The topological polar surface area (TPSA) is 47.0 Å². The summed E-state index contributed by atoms with van der Waals surface area (Å²) in [6, 6.07) is 6.21. The van der Waals surface area contributed by atoms with Gasteiger partial charge in [0.25, 0.3) is 0 Å². The number of benzene rings is 1. The highest BCUT2D eigenvalue weighted by Gasteiger charge is 2.10. The molecule has 0 aliphatic heterocycles. The highest BCUT2D eigenvalue weighted by Crippen LogP contribution is 2.21. The fourth-order valence-corrected chi connectivity index (χ4v) is 1.52. The molecule has 1 aromatic heterocycles. The van der Waals surface area contributed by atoms with Crippen LogP contribution in [0, 0.1) is 5.82 Å². The van der Waals surface area contributed by atoms with E-state index in [1.54, 1.807) is 24.4 Å². The first-order valence-corrected chi connectivity index (χ1v) is 6.42. The van der Waals surface area contributed by atoms with Crippen molar-refractivity contribution in [1.82, 2.24) is 15.3 Å². The maximum Gasteiger partial charge on any atom is 0.238 e. The molecule has 0 aliphatic rings. The van der Waals surface area contributed by atoms with E-state index in [9.17, 15) is 4.39 Å². The Morgan fingerprint density at radius 3 is 2.65 bits per heavy atom. The molecule has 20 heavy (non-hydrogen) atoms. The first-order chi connectivity index (χ1) is 9.44. The molecule has 0 saturated heterocycles. The molecule has 2 rings (SSSR count). The minimum Gasteiger partial charge on any atom is -0.434 e. The lowest BCUT2D eigenvalue weighted by atomic mass is 10.1. The van der Waals surface area contributed by atoms with Gasteiger partial charge in [-0.1, -0.05) is 12.1 Å². The molecule has 0 bridgehead atoms. The summed E-state index contributed by atoms with van der Waals surface area (Å²) in [5, 5.41) is 3.31. The van der Waals surface area contributed by atoms with Gasteiger partial charge in [-0.3, -0.25) is 4.98 Å². The van der Waals surface area contributed by atoms with Crippen LogP contribution < -0.4 is 10.1 Å². The van der Waals surface area contributed by atoms with E-state index in [0.717, 1.165) is 5.69 Å². The van der Waals surface area contributed by atoms with E-state index in [2.05, 4.69) is 36.1 Å². The van der Waals surface area contributed by atoms with Gasteiger partial charge in [-0.2, -0.15) is 0 Å². The van der Waals surface area contributed by atoms with Crippen molar-refractivity contribution in [2.75, 3.05) is 0 Å². The second kappa shape index (κ2) is 5.96. The molecule has 0 radical (unpaired) electrons. The van der Waals surface area contributed by atoms with Crippen molar-refractivity contribution in [3.05, 3.63) is 48.2 Å². The number of halogens is 1. The van der Waals surface area contributed by atoms with Crippen molar-refractivity contribution < 1.29 is 9.13 Å². The first-order valence-electron chi connectivity index (χ1n) is 6.42. The van der Waals surface area contributed by atoms with Gasteiger partial charge in [0.2, 0.25) is 5.88 Å². The first kappa shape index (κ1) is 14.4. The van der Waals surface area contributed by atoms with Crippen molar-refractivity contribution in [1.29, 1.82) is 0 Å². The third-order valence-electron chi connectivity index (χ3n) is 2.51. The Balaban J connectivity index is 2.08. The number of hydrogen-bond donors (Lipinski definition) is 1. The van der Waals surface area contributed by atoms with Crippen molar-refractivity contribution in [3.8, 4) is 11.6 Å². The minimum absolute atomic E-state index is 0.00984. The molecule has 0 saturated carbocycles. The van der Waals surface area contributed by atoms with Crippen LogP contribution in [0.2, 0.25) is 0 Å². The van der Waals surface area contributed by atoms with E-state index < -0.39 is 5.82 Å². The van der Waals surface area contributed by atoms with Crippen molar-refractivity contribution in [3.63, 3.8) is 0 Å². The molecule has 4 nitrogen and oxygen atoms in total. The highest BCUT2D eigenvalue weighted by molar-refractivity contribution is 5.27. The molecule has 1 N–H and O–H groups in total. The van der Waals surface area contributed by atoms with Gasteiger partial charge < -0.3 is 10.1 Å². The number of nitrogens with zero attached hydrogens (tertiary/aromatic N) is 2. The number of nitrogens with one attached hydrogen (secondary N) is 1. The molecule has 5 heteroatoms. The normalized spacial score (nSPS) is 11.4. The lowest BCUT2D eigenvalue weighted by molar-refractivity contribution is 0.407. The third kappa shape index (κ3) is 4.28. The van der Waals surface area contributed by atoms with Gasteiger partial charge in [0, 0.05) is 18.3 Å². The summed E-state index contributed by atoms with van der Waals surface area (Å²) in [4.78, 5) is 8.36. The van der Waals surface area contributed by atoms with Crippen molar-refractivity contribution in [2.45, 2.75) is 32.9 Å². The van der Waals surface area contributed by atoms with Crippen LogP contribution in [0.5, 0.6) is 11.6 Å². The smallest absolute Gasteiger partial charge is 0.238 e. The van der Waals surface area contributed by atoms with E-state index in [0.29, 0.717) is 6.54 Å². The Kier molecular flexibility index (Phi) is 4.29. The molecule has 2 aromatic rings. The number of ether oxygens (including phenoxy) is 1. The standard InChI is InChI=1S/C15H18FN3O/c1-15(2,3)18-9-11-8-17-10-14(19-11)20-13-7-5-4-6-12(13)16/h4-8,10,18H,9H2,1-3H3.